The number of H-pyrrole nitrogens is 1. The van der Waals surface area contributed by atoms with Gasteiger partial charge in [0.25, 0.3) is 11.9 Å². The van der Waals surface area contributed by atoms with Crippen LogP contribution in [-0.2, 0) is 6.54 Å². The molecule has 4 aromatic rings. The van der Waals surface area contributed by atoms with Crippen LogP contribution in [0.15, 0.2) is 53.4 Å². The van der Waals surface area contributed by atoms with Crippen LogP contribution in [0.25, 0.3) is 10.9 Å². The van der Waals surface area contributed by atoms with Crippen molar-refractivity contribution in [2.75, 3.05) is 12.4 Å². The van der Waals surface area contributed by atoms with Crippen molar-refractivity contribution in [1.29, 1.82) is 0 Å². The van der Waals surface area contributed by atoms with Gasteiger partial charge in [-0.1, -0.05) is 49.3 Å². The molecule has 2 N–H and O–H groups in total. The first-order valence-corrected chi connectivity index (χ1v) is 10.4. The average molecular weight is 423 g/mol. The summed E-state index contributed by atoms with van der Waals surface area (Å²) in [5.74, 6) is 0.593. The molecule has 8 nitrogen and oxygen atoms in total. The number of aromatic amines is 1. The summed E-state index contributed by atoms with van der Waals surface area (Å²) in [7, 11) is 1.64. The summed E-state index contributed by atoms with van der Waals surface area (Å²) in [6, 6.07) is 15.9. The van der Waals surface area contributed by atoms with Crippen LogP contribution in [-0.4, -0.2) is 43.5 Å². The van der Waals surface area contributed by atoms with Gasteiger partial charge in [0, 0.05) is 22.1 Å². The van der Waals surface area contributed by atoms with Crippen LogP contribution in [0.4, 0.5) is 5.95 Å². The van der Waals surface area contributed by atoms with Crippen molar-refractivity contribution in [3.8, 4) is 5.75 Å². The number of tetrazole rings is 1. The predicted molar refractivity (Wildman–Crippen MR) is 117 cm³/mol. The zero-order valence-electron chi connectivity index (χ0n) is 16.9. The molecule has 0 aliphatic carbocycles. The van der Waals surface area contributed by atoms with E-state index in [-0.39, 0.29) is 17.1 Å². The standard InChI is InChI=1S/C21H22N6O2S/c1-13(2)30-19-16-11-15(29-3)9-10-17(16)27(12-14-7-5-4-6-8-14)18(19)20(28)22-21-23-25-26-24-21/h4-11,13H,12H2,1-3H3,(H2,22,23,24,25,26,28). The lowest BCUT2D eigenvalue weighted by Gasteiger charge is -2.12. The summed E-state index contributed by atoms with van der Waals surface area (Å²) < 4.78 is 7.48. The quantitative estimate of drug-likeness (QED) is 0.438. The van der Waals surface area contributed by atoms with Crippen molar-refractivity contribution in [2.45, 2.75) is 30.5 Å². The minimum atomic E-state index is -0.286. The zero-order valence-corrected chi connectivity index (χ0v) is 17.7. The van der Waals surface area contributed by atoms with Gasteiger partial charge in [-0.3, -0.25) is 10.1 Å². The number of nitrogens with zero attached hydrogens (tertiary/aromatic N) is 4. The van der Waals surface area contributed by atoms with Gasteiger partial charge in [-0.25, -0.2) is 0 Å². The number of nitrogens with one attached hydrogen (secondary N) is 2. The number of thioether (sulfide) groups is 1. The Morgan fingerprint density at radius 1 is 1.23 bits per heavy atom. The van der Waals surface area contributed by atoms with Gasteiger partial charge in [-0.15, -0.1) is 16.9 Å². The first-order valence-electron chi connectivity index (χ1n) is 9.52. The Morgan fingerprint density at radius 3 is 2.70 bits per heavy atom. The van der Waals surface area contributed by atoms with Gasteiger partial charge < -0.3 is 9.30 Å². The second kappa shape index (κ2) is 8.58. The fourth-order valence-electron chi connectivity index (χ4n) is 3.32. The second-order valence-electron chi connectivity index (χ2n) is 6.99. The summed E-state index contributed by atoms with van der Waals surface area (Å²) in [6.45, 7) is 4.76. The number of hydrogen-bond acceptors (Lipinski definition) is 6. The minimum Gasteiger partial charge on any atom is -0.497 e. The lowest BCUT2D eigenvalue weighted by Crippen LogP contribution is -2.19. The van der Waals surface area contributed by atoms with Crippen molar-refractivity contribution in [3.63, 3.8) is 0 Å². The Hall–Kier alpha value is -3.33. The first-order chi connectivity index (χ1) is 14.6. The molecular formula is C21H22N6O2S. The lowest BCUT2D eigenvalue weighted by molar-refractivity contribution is 0.101. The molecule has 0 unspecified atom stereocenters. The molecule has 0 radical (unpaired) electrons. The summed E-state index contributed by atoms with van der Waals surface area (Å²) in [5, 5.41) is 17.6. The van der Waals surface area contributed by atoms with Crippen molar-refractivity contribution < 1.29 is 9.53 Å². The lowest BCUT2D eigenvalue weighted by atomic mass is 10.2. The van der Waals surface area contributed by atoms with Crippen LogP contribution >= 0.6 is 11.8 Å². The molecule has 154 valence electrons. The SMILES string of the molecule is COc1ccc2c(c1)c(SC(C)C)c(C(=O)Nc1nn[nH]n1)n2Cc1ccccc1. The summed E-state index contributed by atoms with van der Waals surface area (Å²) >= 11 is 1.64. The molecule has 2 heterocycles. The number of ether oxygens (including phenoxy) is 1. The van der Waals surface area contributed by atoms with E-state index < -0.39 is 0 Å². The molecule has 1 amide bonds. The van der Waals surface area contributed by atoms with Crippen molar-refractivity contribution in [1.82, 2.24) is 25.2 Å². The Balaban J connectivity index is 1.91. The van der Waals surface area contributed by atoms with Gasteiger partial charge in [0.2, 0.25) is 0 Å². The molecule has 9 heteroatoms. The zero-order chi connectivity index (χ0) is 21.1. The number of hydrogen-bond donors (Lipinski definition) is 2. The molecule has 0 aliphatic rings. The molecule has 0 bridgehead atoms. The van der Waals surface area contributed by atoms with E-state index in [1.54, 1.807) is 18.9 Å². The minimum absolute atomic E-state index is 0.134. The molecule has 2 aromatic carbocycles. The van der Waals surface area contributed by atoms with Gasteiger partial charge in [0.15, 0.2) is 0 Å². The number of anilines is 1. The summed E-state index contributed by atoms with van der Waals surface area (Å²) in [5.41, 5.74) is 2.62. The van der Waals surface area contributed by atoms with E-state index in [0.29, 0.717) is 12.2 Å². The number of fused-ring (bicyclic) bond motifs is 1. The highest BCUT2D eigenvalue weighted by molar-refractivity contribution is 8.00. The summed E-state index contributed by atoms with van der Waals surface area (Å²) in [6.07, 6.45) is 0. The van der Waals surface area contributed by atoms with Crippen LogP contribution in [0.1, 0.15) is 29.9 Å². The van der Waals surface area contributed by atoms with Gasteiger partial charge >= 0.3 is 0 Å². The van der Waals surface area contributed by atoms with Crippen LogP contribution in [0.3, 0.4) is 0 Å². The maximum atomic E-state index is 13.4. The Bertz CT molecular complexity index is 1160. The van der Waals surface area contributed by atoms with Crippen molar-refractivity contribution in [3.05, 3.63) is 59.8 Å². The topological polar surface area (TPSA) is 97.7 Å². The molecular weight excluding hydrogens is 400 g/mol. The van der Waals surface area contributed by atoms with Crippen molar-refractivity contribution >= 4 is 34.5 Å². The number of carbonyl (C=O) groups is 1. The highest BCUT2D eigenvalue weighted by Gasteiger charge is 2.25. The van der Waals surface area contributed by atoms with E-state index in [1.807, 2.05) is 53.1 Å². The molecule has 0 saturated heterocycles. The smallest absolute Gasteiger partial charge is 0.275 e. The molecule has 0 aliphatic heterocycles. The van der Waals surface area contributed by atoms with Gasteiger partial charge in [0.1, 0.15) is 11.4 Å². The highest BCUT2D eigenvalue weighted by Crippen LogP contribution is 2.39. The molecule has 0 saturated carbocycles. The number of carbonyl (C=O) groups excluding carboxylic acids is 1. The van der Waals surface area contributed by atoms with E-state index in [9.17, 15) is 4.79 Å². The molecule has 2 aromatic heterocycles. The Labute approximate surface area is 178 Å². The van der Waals surface area contributed by atoms with Crippen LogP contribution in [0.5, 0.6) is 5.75 Å². The number of methoxy groups -OCH3 is 1. The van der Waals surface area contributed by atoms with Gasteiger partial charge in [0.05, 0.1) is 12.6 Å². The molecule has 30 heavy (non-hydrogen) atoms. The third-order valence-electron chi connectivity index (χ3n) is 4.55. The fourth-order valence-corrected chi connectivity index (χ4v) is 4.39. The summed E-state index contributed by atoms with van der Waals surface area (Å²) in [4.78, 5) is 14.3. The van der Waals surface area contributed by atoms with Gasteiger partial charge in [-0.05, 0) is 29.0 Å². The number of rotatable bonds is 7. The van der Waals surface area contributed by atoms with Crippen LogP contribution in [0.2, 0.25) is 0 Å². The van der Waals surface area contributed by atoms with E-state index >= 15 is 0 Å². The van der Waals surface area contributed by atoms with Gasteiger partial charge in [-0.2, -0.15) is 5.21 Å². The molecule has 0 spiro atoms. The maximum absolute atomic E-state index is 13.4. The van der Waals surface area contributed by atoms with Crippen LogP contribution < -0.4 is 10.1 Å². The van der Waals surface area contributed by atoms with E-state index in [1.165, 1.54) is 0 Å². The number of benzene rings is 2. The molecule has 0 atom stereocenters. The maximum Gasteiger partial charge on any atom is 0.275 e. The largest absolute Gasteiger partial charge is 0.497 e. The van der Waals surface area contributed by atoms with E-state index in [0.717, 1.165) is 27.1 Å². The normalized spacial score (nSPS) is 11.2. The highest BCUT2D eigenvalue weighted by atomic mass is 32.2. The second-order valence-corrected chi connectivity index (χ2v) is 8.58. The predicted octanol–water partition coefficient (Wildman–Crippen LogP) is 3.96. The molecule has 4 rings (SSSR count). The van der Waals surface area contributed by atoms with Crippen molar-refractivity contribution in [2.24, 2.45) is 0 Å². The van der Waals surface area contributed by atoms with E-state index in [4.69, 9.17) is 4.74 Å². The Morgan fingerprint density at radius 2 is 2.03 bits per heavy atom. The number of amides is 1. The molecule has 0 fully saturated rings. The van der Waals surface area contributed by atoms with E-state index in [2.05, 4.69) is 39.8 Å². The monoisotopic (exact) mass is 422 g/mol. The number of aromatic nitrogens is 5. The average Bonchev–Trinajstić information content (AvgIpc) is 3.35. The van der Waals surface area contributed by atoms with Crippen LogP contribution in [0, 0.1) is 0 Å². The Kier molecular flexibility index (Phi) is 5.71. The third kappa shape index (κ3) is 4.02. The fraction of sp³-hybridized carbons (Fsp3) is 0.238. The first kappa shape index (κ1) is 20.0. The third-order valence-corrected chi connectivity index (χ3v) is 5.67.